The lowest BCUT2D eigenvalue weighted by molar-refractivity contribution is 0.561. The van der Waals surface area contributed by atoms with Gasteiger partial charge in [-0.15, -0.1) is 11.6 Å². The van der Waals surface area contributed by atoms with Crippen LogP contribution in [0.3, 0.4) is 0 Å². The van der Waals surface area contributed by atoms with E-state index in [1.165, 1.54) is 17.5 Å². The third kappa shape index (κ3) is 1.79. The van der Waals surface area contributed by atoms with E-state index in [4.69, 9.17) is 17.3 Å². The fourth-order valence-corrected chi connectivity index (χ4v) is 2.53. The summed E-state index contributed by atoms with van der Waals surface area (Å²) in [6.45, 7) is 0. The lowest BCUT2D eigenvalue weighted by Crippen LogP contribution is -2.05. The molecule has 0 spiro atoms. The Morgan fingerprint density at radius 3 is 2.71 bits per heavy atom. The highest BCUT2D eigenvalue weighted by molar-refractivity contribution is 6.17. The lowest BCUT2D eigenvalue weighted by Gasteiger charge is -2.09. The van der Waals surface area contributed by atoms with Crippen molar-refractivity contribution < 1.29 is 0 Å². The van der Waals surface area contributed by atoms with Gasteiger partial charge in [-0.2, -0.15) is 0 Å². The SMILES string of the molecule is NC1CC(CCCCl)c2ccccc21. The molecule has 2 atom stereocenters. The Hall–Kier alpha value is -0.530. The van der Waals surface area contributed by atoms with Gasteiger partial charge in [0, 0.05) is 11.9 Å². The quantitative estimate of drug-likeness (QED) is 0.761. The first-order valence-electron chi connectivity index (χ1n) is 5.23. The minimum absolute atomic E-state index is 0.242. The fourth-order valence-electron chi connectivity index (χ4n) is 2.38. The zero-order valence-corrected chi connectivity index (χ0v) is 9.00. The van der Waals surface area contributed by atoms with Crippen LogP contribution in [-0.4, -0.2) is 5.88 Å². The Bertz CT molecular complexity index is 311. The van der Waals surface area contributed by atoms with Crippen molar-refractivity contribution >= 4 is 11.6 Å². The van der Waals surface area contributed by atoms with Crippen molar-refractivity contribution in [3.63, 3.8) is 0 Å². The summed E-state index contributed by atoms with van der Waals surface area (Å²) in [6, 6.07) is 8.78. The van der Waals surface area contributed by atoms with Crippen molar-refractivity contribution in [1.82, 2.24) is 0 Å². The maximum atomic E-state index is 6.08. The fraction of sp³-hybridized carbons (Fsp3) is 0.500. The van der Waals surface area contributed by atoms with Gasteiger partial charge in [0.2, 0.25) is 0 Å². The van der Waals surface area contributed by atoms with Gasteiger partial charge in [-0.25, -0.2) is 0 Å². The highest BCUT2D eigenvalue weighted by Crippen LogP contribution is 2.41. The summed E-state index contributed by atoms with van der Waals surface area (Å²) in [5, 5.41) is 0. The standard InChI is InChI=1S/C12H16ClN/c13-7-3-4-9-8-12(14)11-6-2-1-5-10(9)11/h1-2,5-6,9,12H,3-4,7-8,14H2. The van der Waals surface area contributed by atoms with Crippen LogP contribution in [0.4, 0.5) is 0 Å². The predicted molar refractivity (Wildman–Crippen MR) is 60.7 cm³/mol. The molecule has 76 valence electrons. The first kappa shape index (κ1) is 10.0. The van der Waals surface area contributed by atoms with Gasteiger partial charge in [0.05, 0.1) is 0 Å². The zero-order chi connectivity index (χ0) is 9.97. The maximum absolute atomic E-state index is 6.08. The smallest absolute Gasteiger partial charge is 0.0303 e. The molecule has 1 aromatic rings. The van der Waals surface area contributed by atoms with E-state index in [0.717, 1.165) is 18.7 Å². The van der Waals surface area contributed by atoms with E-state index in [9.17, 15) is 0 Å². The first-order chi connectivity index (χ1) is 6.83. The van der Waals surface area contributed by atoms with E-state index < -0.39 is 0 Å². The van der Waals surface area contributed by atoms with Crippen LogP contribution >= 0.6 is 11.6 Å². The average Bonchev–Trinajstić information content (AvgIpc) is 2.54. The second-order valence-corrected chi connectivity index (χ2v) is 4.38. The molecule has 0 saturated carbocycles. The van der Waals surface area contributed by atoms with E-state index in [2.05, 4.69) is 24.3 Å². The normalized spacial score (nSPS) is 25.0. The Balaban J connectivity index is 2.17. The van der Waals surface area contributed by atoms with Crippen molar-refractivity contribution in [3.05, 3.63) is 35.4 Å². The van der Waals surface area contributed by atoms with Gasteiger partial charge < -0.3 is 5.73 Å². The second kappa shape index (κ2) is 4.33. The average molecular weight is 210 g/mol. The number of rotatable bonds is 3. The van der Waals surface area contributed by atoms with Gasteiger partial charge in [-0.1, -0.05) is 24.3 Å². The van der Waals surface area contributed by atoms with E-state index in [-0.39, 0.29) is 6.04 Å². The largest absolute Gasteiger partial charge is 0.324 e. The number of hydrogen-bond acceptors (Lipinski definition) is 1. The highest BCUT2D eigenvalue weighted by atomic mass is 35.5. The van der Waals surface area contributed by atoms with Crippen LogP contribution in [0.1, 0.15) is 42.3 Å². The molecule has 2 N–H and O–H groups in total. The topological polar surface area (TPSA) is 26.0 Å². The molecule has 1 aliphatic carbocycles. The van der Waals surface area contributed by atoms with Gasteiger partial charge >= 0.3 is 0 Å². The molecule has 0 saturated heterocycles. The molecule has 1 aliphatic rings. The predicted octanol–water partition coefficient (Wildman–Crippen LogP) is 3.19. The van der Waals surface area contributed by atoms with Crippen LogP contribution in [0, 0.1) is 0 Å². The van der Waals surface area contributed by atoms with Crippen LogP contribution in [0.2, 0.25) is 0 Å². The molecule has 0 bridgehead atoms. The third-order valence-corrected chi connectivity index (χ3v) is 3.33. The Kier molecular flexibility index (Phi) is 3.09. The van der Waals surface area contributed by atoms with Crippen molar-refractivity contribution in [2.24, 2.45) is 5.73 Å². The molecule has 2 rings (SSSR count). The van der Waals surface area contributed by atoms with Gasteiger partial charge in [0.1, 0.15) is 0 Å². The number of alkyl halides is 1. The molecule has 1 nitrogen and oxygen atoms in total. The summed E-state index contributed by atoms with van der Waals surface area (Å²) >= 11 is 5.71. The molecule has 0 aromatic heterocycles. The van der Waals surface area contributed by atoms with Gasteiger partial charge in [-0.05, 0) is 36.3 Å². The van der Waals surface area contributed by atoms with E-state index >= 15 is 0 Å². The summed E-state index contributed by atoms with van der Waals surface area (Å²) in [7, 11) is 0. The molecule has 14 heavy (non-hydrogen) atoms. The number of nitrogens with two attached hydrogens (primary N) is 1. The van der Waals surface area contributed by atoms with Crippen LogP contribution in [0.5, 0.6) is 0 Å². The van der Waals surface area contributed by atoms with Crippen molar-refractivity contribution in [2.45, 2.75) is 31.2 Å². The molecule has 0 amide bonds. The van der Waals surface area contributed by atoms with E-state index in [1.54, 1.807) is 0 Å². The Labute approximate surface area is 90.3 Å². The van der Waals surface area contributed by atoms with E-state index in [0.29, 0.717) is 5.92 Å². The van der Waals surface area contributed by atoms with Crippen LogP contribution in [-0.2, 0) is 0 Å². The Morgan fingerprint density at radius 2 is 2.00 bits per heavy atom. The number of hydrogen-bond donors (Lipinski definition) is 1. The van der Waals surface area contributed by atoms with Gasteiger partial charge in [0.25, 0.3) is 0 Å². The summed E-state index contributed by atoms with van der Waals surface area (Å²) in [5.74, 6) is 1.40. The summed E-state index contributed by atoms with van der Waals surface area (Å²) in [4.78, 5) is 0. The lowest BCUT2D eigenvalue weighted by atomic mass is 9.97. The summed E-state index contributed by atoms with van der Waals surface area (Å²) in [5.41, 5.74) is 8.86. The van der Waals surface area contributed by atoms with Crippen molar-refractivity contribution in [2.75, 3.05) is 5.88 Å². The monoisotopic (exact) mass is 209 g/mol. The van der Waals surface area contributed by atoms with E-state index in [1.807, 2.05) is 0 Å². The number of benzene rings is 1. The van der Waals surface area contributed by atoms with Crippen LogP contribution in [0.15, 0.2) is 24.3 Å². The molecule has 0 aliphatic heterocycles. The Morgan fingerprint density at radius 1 is 1.29 bits per heavy atom. The maximum Gasteiger partial charge on any atom is 0.0303 e. The highest BCUT2D eigenvalue weighted by Gasteiger charge is 2.27. The number of halogens is 1. The zero-order valence-electron chi connectivity index (χ0n) is 8.25. The number of fused-ring (bicyclic) bond motifs is 1. The molecule has 0 fully saturated rings. The minimum atomic E-state index is 0.242. The van der Waals surface area contributed by atoms with Crippen LogP contribution < -0.4 is 5.73 Å². The van der Waals surface area contributed by atoms with Crippen LogP contribution in [0.25, 0.3) is 0 Å². The van der Waals surface area contributed by atoms with Gasteiger partial charge in [-0.3, -0.25) is 0 Å². The minimum Gasteiger partial charge on any atom is -0.324 e. The molecule has 0 radical (unpaired) electrons. The summed E-state index contributed by atoms with van der Waals surface area (Å²) in [6.07, 6.45) is 3.36. The molecule has 2 heteroatoms. The third-order valence-electron chi connectivity index (χ3n) is 3.06. The molecule has 1 aromatic carbocycles. The molecular weight excluding hydrogens is 194 g/mol. The molecule has 0 heterocycles. The molecular formula is C12H16ClN. The molecule has 2 unspecified atom stereocenters. The van der Waals surface area contributed by atoms with Crippen molar-refractivity contribution in [1.29, 1.82) is 0 Å². The first-order valence-corrected chi connectivity index (χ1v) is 5.76. The second-order valence-electron chi connectivity index (χ2n) is 4.00. The van der Waals surface area contributed by atoms with Crippen molar-refractivity contribution in [3.8, 4) is 0 Å². The van der Waals surface area contributed by atoms with Gasteiger partial charge in [0.15, 0.2) is 0 Å². The summed E-state index contributed by atoms with van der Waals surface area (Å²) < 4.78 is 0.